The Hall–Kier alpha value is 3.31. The molecule has 0 fully saturated rings. The van der Waals surface area contributed by atoms with Gasteiger partial charge in [-0.15, -0.1) is 0 Å². The van der Waals surface area contributed by atoms with Crippen LogP contribution in [0.3, 0.4) is 0 Å². The molecule has 5 heteroatoms. The molecule has 0 heterocycles. The van der Waals surface area contributed by atoms with Gasteiger partial charge in [-0.1, -0.05) is 0 Å². The summed E-state index contributed by atoms with van der Waals surface area (Å²) in [5.41, 5.74) is 0. The monoisotopic (exact) mass is 501 g/mol. The third-order valence-electron chi connectivity index (χ3n) is 0. The van der Waals surface area contributed by atoms with Crippen molar-refractivity contribution in [1.29, 1.82) is 0 Å². The van der Waals surface area contributed by atoms with Crippen molar-refractivity contribution in [2.75, 3.05) is 0 Å². The maximum absolute atomic E-state index is 0. The average Bonchev–Trinajstić information content (AvgIpc) is 0. The van der Waals surface area contributed by atoms with Crippen molar-refractivity contribution in [2.24, 2.45) is 0 Å². The number of rotatable bonds is 0. The Labute approximate surface area is 101 Å². The summed E-state index contributed by atoms with van der Waals surface area (Å²) < 4.78 is 0. The van der Waals surface area contributed by atoms with Gasteiger partial charge >= 0.3 is 0 Å². The second kappa shape index (κ2) is 26.6. The minimum absolute atomic E-state index is 0. The maximum Gasteiger partial charge on any atom is 0 e. The van der Waals surface area contributed by atoms with Crippen LogP contribution in [0, 0.1) is 0 Å². The molecule has 0 rings (SSSR count). The van der Waals surface area contributed by atoms with Crippen molar-refractivity contribution in [3.63, 3.8) is 0 Å². The molecule has 0 aliphatic carbocycles. The smallest absolute Gasteiger partial charge is 0 e. The maximum atomic E-state index is 0. The molecule has 0 spiro atoms. The fourth-order valence-corrected chi connectivity index (χ4v) is 0. The zero-order chi connectivity index (χ0) is 0. The quantitative estimate of drug-likeness (QED) is 0.396. The van der Waals surface area contributed by atoms with Crippen LogP contribution in [-0.2, 0) is 75.7 Å². The van der Waals surface area contributed by atoms with E-state index in [0.717, 1.165) is 0 Å². The molecule has 0 aliphatic rings. The third kappa shape index (κ3) is 18.8. The van der Waals surface area contributed by atoms with Gasteiger partial charge in [0.25, 0.3) is 0 Å². The Kier molecular flexibility index (Phi) is 215. The van der Waals surface area contributed by atoms with Crippen LogP contribution >= 0.6 is 0 Å². The molecule has 0 aromatic rings. The van der Waals surface area contributed by atoms with Crippen LogP contribution in [0.1, 0.15) is 0 Å². The van der Waals surface area contributed by atoms with Gasteiger partial charge in [0.1, 0.15) is 0 Å². The van der Waals surface area contributed by atoms with Gasteiger partial charge in [0, 0.05) is 103 Å². The summed E-state index contributed by atoms with van der Waals surface area (Å²) in [6.45, 7) is 0. The number of hydrogen-bond donors (Lipinski definition) is 0. The molecule has 0 nitrogen and oxygen atoms in total. The molecule has 0 bridgehead atoms. The van der Waals surface area contributed by atoms with Crippen molar-refractivity contribution in [3.8, 4) is 0 Å². The molecule has 0 aliphatic heterocycles. The third-order valence-corrected chi connectivity index (χ3v) is 0. The molecule has 0 aromatic carbocycles. The molecular formula is AgCoCuPbZn. The first-order valence-electron chi connectivity index (χ1n) is 0. The van der Waals surface area contributed by atoms with Gasteiger partial charge in [-0.3, -0.25) is 0 Å². The zero-order valence-electron chi connectivity index (χ0n) is 2.14. The van der Waals surface area contributed by atoms with Gasteiger partial charge in [-0.2, -0.15) is 0 Å². The molecular weight excluding hydrogens is 503 g/mol. The van der Waals surface area contributed by atoms with Gasteiger partial charge in [-0.05, 0) is 0 Å². The van der Waals surface area contributed by atoms with Gasteiger partial charge in [-0.25, -0.2) is 0 Å². The summed E-state index contributed by atoms with van der Waals surface area (Å²) in [5, 5.41) is 0. The Morgan fingerprint density at radius 1 is 1.00 bits per heavy atom. The van der Waals surface area contributed by atoms with Gasteiger partial charge in [0.2, 0.25) is 0 Å². The summed E-state index contributed by atoms with van der Waals surface area (Å²) in [7, 11) is 0. The molecule has 7 radical (unpaired) electrons. The molecule has 0 N–H and O–H groups in total. The largest absolute Gasteiger partial charge is 0 e. The van der Waals surface area contributed by atoms with Crippen LogP contribution in [0.4, 0.5) is 0 Å². The minimum atomic E-state index is 0. The normalized spacial score (nSPS) is 0. The van der Waals surface area contributed by atoms with E-state index in [0.29, 0.717) is 0 Å². The van der Waals surface area contributed by atoms with Crippen molar-refractivity contribution in [1.82, 2.24) is 0 Å². The fourth-order valence-electron chi connectivity index (χ4n) is 0. The second-order valence-corrected chi connectivity index (χ2v) is 0. The van der Waals surface area contributed by atoms with Crippen molar-refractivity contribution < 1.29 is 75.7 Å². The van der Waals surface area contributed by atoms with Crippen LogP contribution in [-0.4, -0.2) is 27.3 Å². The standard InChI is InChI=1S/Ag.Co.Cu.Pb.Zn. The van der Waals surface area contributed by atoms with Crippen LogP contribution in [0.25, 0.3) is 0 Å². The first-order chi connectivity index (χ1) is 0. The molecule has 5 heavy (non-hydrogen) atoms. The Morgan fingerprint density at radius 3 is 1.00 bits per heavy atom. The average molecular weight is 503 g/mol. The van der Waals surface area contributed by atoms with E-state index in [1.54, 1.807) is 0 Å². The van der Waals surface area contributed by atoms with E-state index in [1.807, 2.05) is 0 Å². The predicted octanol–water partition coefficient (Wildman–Crippen LogP) is -0.391. The van der Waals surface area contributed by atoms with Crippen LogP contribution < -0.4 is 0 Å². The van der Waals surface area contributed by atoms with Gasteiger partial charge in [0.05, 0.1) is 0 Å². The summed E-state index contributed by atoms with van der Waals surface area (Å²) in [5.74, 6) is 0. The van der Waals surface area contributed by atoms with Crippen molar-refractivity contribution in [3.05, 3.63) is 0 Å². The second-order valence-electron chi connectivity index (χ2n) is 0. The SMILES string of the molecule is [Ag].[Co].[Cu].[Pb].[Zn]. The van der Waals surface area contributed by atoms with Gasteiger partial charge in [0.15, 0.2) is 0 Å². The molecule has 0 atom stereocenters. The topological polar surface area (TPSA) is 0 Å². The van der Waals surface area contributed by atoms with E-state index < -0.39 is 0 Å². The van der Waals surface area contributed by atoms with Crippen molar-refractivity contribution >= 4 is 27.3 Å². The van der Waals surface area contributed by atoms with E-state index in [1.165, 1.54) is 0 Å². The van der Waals surface area contributed by atoms with Crippen LogP contribution in [0.5, 0.6) is 0 Å². The van der Waals surface area contributed by atoms with E-state index in [2.05, 4.69) is 0 Å². The van der Waals surface area contributed by atoms with Crippen LogP contribution in [0.15, 0.2) is 0 Å². The van der Waals surface area contributed by atoms with E-state index in [4.69, 9.17) is 0 Å². The molecule has 0 saturated carbocycles. The predicted molar refractivity (Wildman–Crippen MR) is 5.75 cm³/mol. The van der Waals surface area contributed by atoms with E-state index >= 15 is 0 Å². The summed E-state index contributed by atoms with van der Waals surface area (Å²) in [4.78, 5) is 0. The molecule has 0 amide bonds. The molecule has 37 valence electrons. The Balaban J connectivity index is 0. The summed E-state index contributed by atoms with van der Waals surface area (Å²) in [6, 6.07) is 0. The minimum Gasteiger partial charge on any atom is 0 e. The Bertz CT molecular complexity index is 11.6. The fraction of sp³-hybridized carbons (Fsp3) is 0. The van der Waals surface area contributed by atoms with Gasteiger partial charge < -0.3 is 0 Å². The summed E-state index contributed by atoms with van der Waals surface area (Å²) in [6.07, 6.45) is 0. The van der Waals surface area contributed by atoms with Crippen LogP contribution in [0.2, 0.25) is 0 Å². The first-order valence-corrected chi connectivity index (χ1v) is 0. The molecule has 0 unspecified atom stereocenters. The van der Waals surface area contributed by atoms with E-state index in [9.17, 15) is 0 Å². The van der Waals surface area contributed by atoms with Crippen molar-refractivity contribution in [2.45, 2.75) is 0 Å². The first kappa shape index (κ1) is 40.5. The number of hydrogen-bond acceptors (Lipinski definition) is 0. The Morgan fingerprint density at radius 2 is 1.00 bits per heavy atom. The molecule has 0 saturated heterocycles. The summed E-state index contributed by atoms with van der Waals surface area (Å²) >= 11 is 0. The zero-order valence-corrected chi connectivity index (χ0v) is 12.5. The molecule has 0 aromatic heterocycles. The van der Waals surface area contributed by atoms with E-state index in [-0.39, 0.29) is 103 Å².